The maximum absolute atomic E-state index is 5.24. The highest BCUT2D eigenvalue weighted by molar-refractivity contribution is 7.80. The van der Waals surface area contributed by atoms with Crippen molar-refractivity contribution in [3.8, 4) is 0 Å². The predicted octanol–water partition coefficient (Wildman–Crippen LogP) is 3.68. The van der Waals surface area contributed by atoms with Crippen molar-refractivity contribution >= 4 is 44.6 Å². The standard InChI is InChI=1S/C17H16N4S2/c1-12(16-19-14-9-5-6-10-15(14)23-16)20-21-17(22)18-11-13-7-3-2-4-8-13/h2-10H,11H2,1H3,(H2,18,21,22). The Morgan fingerprint density at radius 1 is 1.13 bits per heavy atom. The molecule has 0 unspecified atom stereocenters. The summed E-state index contributed by atoms with van der Waals surface area (Å²) in [6.07, 6.45) is 0. The van der Waals surface area contributed by atoms with Gasteiger partial charge in [-0.2, -0.15) is 5.10 Å². The average molecular weight is 340 g/mol. The summed E-state index contributed by atoms with van der Waals surface area (Å²) in [7, 11) is 0. The number of hydrogen-bond acceptors (Lipinski definition) is 4. The lowest BCUT2D eigenvalue weighted by atomic mass is 10.2. The molecule has 0 aliphatic heterocycles. The summed E-state index contributed by atoms with van der Waals surface area (Å²) in [6.45, 7) is 2.59. The first-order valence-electron chi connectivity index (χ1n) is 7.20. The van der Waals surface area contributed by atoms with Gasteiger partial charge in [0.2, 0.25) is 0 Å². The molecule has 0 radical (unpaired) electrons. The molecule has 0 aliphatic carbocycles. The molecule has 0 saturated carbocycles. The van der Waals surface area contributed by atoms with Gasteiger partial charge in [-0.25, -0.2) is 4.98 Å². The summed E-state index contributed by atoms with van der Waals surface area (Å²) >= 11 is 6.86. The van der Waals surface area contributed by atoms with Gasteiger partial charge in [0, 0.05) is 6.54 Å². The number of rotatable bonds is 4. The molecule has 0 aliphatic rings. The van der Waals surface area contributed by atoms with Crippen LogP contribution in [0.25, 0.3) is 10.2 Å². The largest absolute Gasteiger partial charge is 0.357 e. The van der Waals surface area contributed by atoms with Crippen molar-refractivity contribution < 1.29 is 0 Å². The van der Waals surface area contributed by atoms with Crippen molar-refractivity contribution in [3.05, 3.63) is 65.2 Å². The Bertz CT molecular complexity index is 807. The molecule has 4 nitrogen and oxygen atoms in total. The molecule has 0 amide bonds. The quantitative estimate of drug-likeness (QED) is 0.432. The van der Waals surface area contributed by atoms with Gasteiger partial charge in [0.25, 0.3) is 0 Å². The molecular weight excluding hydrogens is 324 g/mol. The van der Waals surface area contributed by atoms with Gasteiger partial charge in [-0.05, 0) is 36.8 Å². The number of aromatic nitrogens is 1. The highest BCUT2D eigenvalue weighted by atomic mass is 32.1. The predicted molar refractivity (Wildman–Crippen MR) is 101 cm³/mol. The highest BCUT2D eigenvalue weighted by Crippen LogP contribution is 2.21. The Morgan fingerprint density at radius 2 is 1.87 bits per heavy atom. The number of fused-ring (bicyclic) bond motifs is 1. The lowest BCUT2D eigenvalue weighted by molar-refractivity contribution is 0.866. The first-order chi connectivity index (χ1) is 11.2. The van der Waals surface area contributed by atoms with E-state index in [1.54, 1.807) is 11.3 Å². The van der Waals surface area contributed by atoms with E-state index in [1.165, 1.54) is 5.56 Å². The van der Waals surface area contributed by atoms with E-state index in [2.05, 4.69) is 26.9 Å². The van der Waals surface area contributed by atoms with E-state index < -0.39 is 0 Å². The number of thiazole rings is 1. The first kappa shape index (κ1) is 15.6. The molecule has 0 fully saturated rings. The lowest BCUT2D eigenvalue weighted by Crippen LogP contribution is -2.32. The number of thiocarbonyl (C=S) groups is 1. The SMILES string of the molecule is CC(=NNC(=S)NCc1ccccc1)c1nc2ccccc2s1. The molecule has 3 aromatic rings. The normalized spacial score (nSPS) is 11.4. The zero-order chi connectivity index (χ0) is 16.1. The molecule has 6 heteroatoms. The van der Waals surface area contributed by atoms with Crippen LogP contribution in [0.2, 0.25) is 0 Å². The van der Waals surface area contributed by atoms with E-state index in [4.69, 9.17) is 12.2 Å². The summed E-state index contributed by atoms with van der Waals surface area (Å²) in [6, 6.07) is 18.1. The van der Waals surface area contributed by atoms with Gasteiger partial charge in [0.05, 0.1) is 15.9 Å². The van der Waals surface area contributed by atoms with E-state index in [1.807, 2.05) is 55.5 Å². The Kier molecular flexibility index (Phi) is 4.95. The molecule has 23 heavy (non-hydrogen) atoms. The minimum absolute atomic E-state index is 0.495. The third kappa shape index (κ3) is 4.12. The van der Waals surface area contributed by atoms with Crippen LogP contribution in [0.4, 0.5) is 0 Å². The second kappa shape index (κ2) is 7.30. The lowest BCUT2D eigenvalue weighted by Gasteiger charge is -2.07. The van der Waals surface area contributed by atoms with Crippen LogP contribution < -0.4 is 10.7 Å². The van der Waals surface area contributed by atoms with E-state index in [-0.39, 0.29) is 0 Å². The minimum Gasteiger partial charge on any atom is -0.357 e. The molecule has 0 spiro atoms. The second-order valence-corrected chi connectivity index (χ2v) is 6.40. The second-order valence-electron chi connectivity index (χ2n) is 4.96. The van der Waals surface area contributed by atoms with Crippen molar-refractivity contribution in [3.63, 3.8) is 0 Å². The van der Waals surface area contributed by atoms with Crippen LogP contribution in [0.15, 0.2) is 59.7 Å². The van der Waals surface area contributed by atoms with Crippen LogP contribution in [-0.2, 0) is 6.54 Å². The van der Waals surface area contributed by atoms with Crippen LogP contribution in [0.3, 0.4) is 0 Å². The van der Waals surface area contributed by atoms with Crippen molar-refractivity contribution in [2.75, 3.05) is 0 Å². The Morgan fingerprint density at radius 3 is 2.65 bits per heavy atom. The van der Waals surface area contributed by atoms with E-state index in [0.717, 1.165) is 20.9 Å². The van der Waals surface area contributed by atoms with Crippen molar-refractivity contribution in [2.45, 2.75) is 13.5 Å². The zero-order valence-electron chi connectivity index (χ0n) is 12.6. The van der Waals surface area contributed by atoms with E-state index in [9.17, 15) is 0 Å². The molecule has 2 N–H and O–H groups in total. The fourth-order valence-corrected chi connectivity index (χ4v) is 3.06. The third-order valence-corrected chi connectivity index (χ3v) is 4.61. The smallest absolute Gasteiger partial charge is 0.187 e. The fourth-order valence-electron chi connectivity index (χ4n) is 2.03. The fraction of sp³-hybridized carbons (Fsp3) is 0.118. The number of hydrazone groups is 1. The van der Waals surface area contributed by atoms with Crippen LogP contribution >= 0.6 is 23.6 Å². The van der Waals surface area contributed by atoms with Crippen molar-refractivity contribution in [2.24, 2.45) is 5.10 Å². The molecule has 2 aromatic carbocycles. The minimum atomic E-state index is 0.495. The first-order valence-corrected chi connectivity index (χ1v) is 8.43. The summed E-state index contributed by atoms with van der Waals surface area (Å²) < 4.78 is 1.15. The summed E-state index contributed by atoms with van der Waals surface area (Å²) in [5.41, 5.74) is 5.85. The average Bonchev–Trinajstić information content (AvgIpc) is 3.03. The van der Waals surface area contributed by atoms with Crippen LogP contribution in [-0.4, -0.2) is 15.8 Å². The zero-order valence-corrected chi connectivity index (χ0v) is 14.2. The summed E-state index contributed by atoms with van der Waals surface area (Å²) in [5.74, 6) is 0. The molecule has 116 valence electrons. The monoisotopic (exact) mass is 340 g/mol. The van der Waals surface area contributed by atoms with Crippen molar-refractivity contribution in [1.82, 2.24) is 15.7 Å². The molecule has 1 aromatic heterocycles. The molecule has 0 saturated heterocycles. The van der Waals surface area contributed by atoms with E-state index in [0.29, 0.717) is 11.7 Å². The number of hydrogen-bond donors (Lipinski definition) is 2. The van der Waals surface area contributed by atoms with Gasteiger partial charge in [0.1, 0.15) is 5.01 Å². The summed E-state index contributed by atoms with van der Waals surface area (Å²) in [5, 5.41) is 8.83. The summed E-state index contributed by atoms with van der Waals surface area (Å²) in [4.78, 5) is 4.57. The number of nitrogens with zero attached hydrogens (tertiary/aromatic N) is 2. The van der Waals surface area contributed by atoms with Gasteiger partial charge in [0.15, 0.2) is 5.11 Å². The Hall–Kier alpha value is -2.31. The Labute approximate surface area is 144 Å². The molecular formula is C17H16N4S2. The van der Waals surface area contributed by atoms with Crippen LogP contribution in [0.1, 0.15) is 17.5 Å². The van der Waals surface area contributed by atoms with Gasteiger partial charge < -0.3 is 5.32 Å². The maximum Gasteiger partial charge on any atom is 0.187 e. The molecule has 0 bridgehead atoms. The molecule has 0 atom stereocenters. The Balaban J connectivity index is 1.59. The molecule has 1 heterocycles. The van der Waals surface area contributed by atoms with Gasteiger partial charge in [-0.1, -0.05) is 42.5 Å². The maximum atomic E-state index is 5.24. The number of benzene rings is 2. The van der Waals surface area contributed by atoms with Gasteiger partial charge in [-0.15, -0.1) is 11.3 Å². The number of para-hydroxylation sites is 1. The number of nitrogens with one attached hydrogen (secondary N) is 2. The third-order valence-electron chi connectivity index (χ3n) is 3.22. The van der Waals surface area contributed by atoms with Crippen LogP contribution in [0, 0.1) is 0 Å². The topological polar surface area (TPSA) is 49.3 Å². The highest BCUT2D eigenvalue weighted by Gasteiger charge is 2.06. The van der Waals surface area contributed by atoms with Gasteiger partial charge >= 0.3 is 0 Å². The van der Waals surface area contributed by atoms with E-state index >= 15 is 0 Å². The van der Waals surface area contributed by atoms with Gasteiger partial charge in [-0.3, -0.25) is 5.43 Å². The van der Waals surface area contributed by atoms with Crippen LogP contribution in [0.5, 0.6) is 0 Å². The van der Waals surface area contributed by atoms with Crippen molar-refractivity contribution in [1.29, 1.82) is 0 Å². The molecule has 3 rings (SSSR count).